The Labute approximate surface area is 177 Å². The van der Waals surface area contributed by atoms with E-state index in [1.165, 1.54) is 22.7 Å². The number of morpholine rings is 1. The van der Waals surface area contributed by atoms with E-state index in [-0.39, 0.29) is 18.1 Å². The van der Waals surface area contributed by atoms with Gasteiger partial charge in [-0.05, 0) is 26.8 Å². The van der Waals surface area contributed by atoms with Crippen molar-refractivity contribution in [2.24, 2.45) is 0 Å². The van der Waals surface area contributed by atoms with Crippen LogP contribution < -0.4 is 5.32 Å². The minimum atomic E-state index is -0.211. The van der Waals surface area contributed by atoms with Crippen LogP contribution in [0.4, 0.5) is 5.13 Å². The summed E-state index contributed by atoms with van der Waals surface area (Å²) in [5.41, 5.74) is 1.61. The van der Waals surface area contributed by atoms with E-state index in [1.807, 2.05) is 12.3 Å². The molecule has 1 amide bonds. The second-order valence-electron chi connectivity index (χ2n) is 7.06. The molecule has 2 atom stereocenters. The van der Waals surface area contributed by atoms with E-state index in [4.69, 9.17) is 4.74 Å². The Kier molecular flexibility index (Phi) is 5.95. The Morgan fingerprint density at radius 1 is 1.24 bits per heavy atom. The van der Waals surface area contributed by atoms with Gasteiger partial charge >= 0.3 is 0 Å². The van der Waals surface area contributed by atoms with Gasteiger partial charge in [-0.2, -0.15) is 0 Å². The van der Waals surface area contributed by atoms with Gasteiger partial charge in [0.15, 0.2) is 16.0 Å². The number of aryl methyl sites for hydroxylation is 1. The number of carbonyl (C=O) groups is 1. The Morgan fingerprint density at radius 2 is 1.97 bits per heavy atom. The molecule has 0 aromatic carbocycles. The molecule has 1 aliphatic heterocycles. The van der Waals surface area contributed by atoms with Gasteiger partial charge in [-0.15, -0.1) is 22.7 Å². The van der Waals surface area contributed by atoms with Gasteiger partial charge in [-0.3, -0.25) is 15.0 Å². The zero-order chi connectivity index (χ0) is 20.4. The maximum Gasteiger partial charge on any atom is 0.269 e. The summed E-state index contributed by atoms with van der Waals surface area (Å²) >= 11 is 2.71. The molecule has 0 radical (unpaired) electrons. The molecule has 2 unspecified atom stereocenters. The van der Waals surface area contributed by atoms with Crippen molar-refractivity contribution in [1.29, 1.82) is 0 Å². The van der Waals surface area contributed by atoms with E-state index in [2.05, 4.69) is 44.0 Å². The Bertz CT molecular complexity index is 980. The third-order valence-corrected chi connectivity index (χ3v) is 6.37. The van der Waals surface area contributed by atoms with Crippen LogP contribution in [-0.2, 0) is 11.3 Å². The third-order valence-electron chi connectivity index (χ3n) is 4.41. The lowest BCUT2D eigenvalue weighted by Crippen LogP contribution is -2.44. The second-order valence-corrected chi connectivity index (χ2v) is 8.91. The summed E-state index contributed by atoms with van der Waals surface area (Å²) in [5, 5.41) is 6.10. The van der Waals surface area contributed by atoms with Crippen LogP contribution in [0.1, 0.15) is 34.9 Å². The van der Waals surface area contributed by atoms with Crippen LogP contribution in [0.2, 0.25) is 0 Å². The van der Waals surface area contributed by atoms with Crippen LogP contribution in [-0.4, -0.2) is 56.0 Å². The van der Waals surface area contributed by atoms with E-state index in [0.717, 1.165) is 25.3 Å². The highest BCUT2D eigenvalue weighted by Gasteiger charge is 2.23. The van der Waals surface area contributed by atoms with Gasteiger partial charge in [0.05, 0.1) is 23.6 Å². The Morgan fingerprint density at radius 3 is 2.69 bits per heavy atom. The minimum Gasteiger partial charge on any atom is -0.373 e. The molecule has 10 heteroatoms. The van der Waals surface area contributed by atoms with Crippen molar-refractivity contribution in [3.05, 3.63) is 40.1 Å². The van der Waals surface area contributed by atoms with Crippen molar-refractivity contribution >= 4 is 33.7 Å². The summed E-state index contributed by atoms with van der Waals surface area (Å²) in [5.74, 6) is 0.307. The second kappa shape index (κ2) is 8.62. The average Bonchev–Trinajstić information content (AvgIpc) is 3.28. The lowest BCUT2D eigenvalue weighted by molar-refractivity contribution is -0.0707. The van der Waals surface area contributed by atoms with Gasteiger partial charge < -0.3 is 4.74 Å². The number of nitrogens with zero attached hydrogens (tertiary/aromatic N) is 5. The molecule has 3 aromatic heterocycles. The highest BCUT2D eigenvalue weighted by molar-refractivity contribution is 7.17. The molecular formula is C19H22N6O2S2. The molecule has 1 N–H and O–H groups in total. The topological polar surface area (TPSA) is 93.1 Å². The number of carbonyl (C=O) groups excluding carboxylic acids is 1. The molecule has 1 fully saturated rings. The summed E-state index contributed by atoms with van der Waals surface area (Å²) in [7, 11) is 0. The number of hydrogen-bond acceptors (Lipinski definition) is 9. The van der Waals surface area contributed by atoms with Gasteiger partial charge in [0.2, 0.25) is 0 Å². The fourth-order valence-electron chi connectivity index (χ4n) is 3.35. The first-order valence-corrected chi connectivity index (χ1v) is 11.1. The standard InChI is InChI=1S/C19H22N6O2S2/c1-11-7-25(8-12(2)27-11)9-14-10-28-19(23-14)24-17(26)15-13(3)22-18(29-15)16-20-5-4-6-21-16/h4-6,10-12H,7-9H2,1-3H3,(H,23,24,26). The van der Waals surface area contributed by atoms with E-state index in [9.17, 15) is 4.79 Å². The highest BCUT2D eigenvalue weighted by atomic mass is 32.1. The fourth-order valence-corrected chi connectivity index (χ4v) is 4.95. The monoisotopic (exact) mass is 430 g/mol. The van der Waals surface area contributed by atoms with Crippen LogP contribution in [0.3, 0.4) is 0 Å². The molecule has 29 heavy (non-hydrogen) atoms. The molecule has 1 aliphatic rings. The van der Waals surface area contributed by atoms with E-state index < -0.39 is 0 Å². The minimum absolute atomic E-state index is 0.211. The number of anilines is 1. The number of rotatable bonds is 5. The third kappa shape index (κ3) is 4.84. The maximum atomic E-state index is 12.7. The number of hydrogen-bond donors (Lipinski definition) is 1. The largest absolute Gasteiger partial charge is 0.373 e. The summed E-state index contributed by atoms with van der Waals surface area (Å²) < 4.78 is 5.78. The molecule has 1 saturated heterocycles. The summed E-state index contributed by atoms with van der Waals surface area (Å²) in [6, 6.07) is 1.75. The molecule has 4 rings (SSSR count). The molecule has 152 valence electrons. The molecule has 0 spiro atoms. The predicted molar refractivity (Wildman–Crippen MR) is 113 cm³/mol. The van der Waals surface area contributed by atoms with Gasteiger partial charge in [0.1, 0.15) is 4.88 Å². The van der Waals surface area contributed by atoms with Crippen molar-refractivity contribution in [1.82, 2.24) is 24.8 Å². The SMILES string of the molecule is Cc1nc(-c2ncccn2)sc1C(=O)Nc1nc(CN2CC(C)OC(C)C2)cs1. The smallest absolute Gasteiger partial charge is 0.269 e. The Hall–Kier alpha value is -2.27. The zero-order valence-corrected chi connectivity index (χ0v) is 18.1. The molecule has 3 aromatic rings. The van der Waals surface area contributed by atoms with Crippen LogP contribution in [0.25, 0.3) is 10.8 Å². The number of nitrogens with one attached hydrogen (secondary N) is 1. The molecule has 0 saturated carbocycles. The van der Waals surface area contributed by atoms with Crippen LogP contribution in [0, 0.1) is 6.92 Å². The van der Waals surface area contributed by atoms with Crippen LogP contribution in [0.5, 0.6) is 0 Å². The first-order valence-electron chi connectivity index (χ1n) is 9.36. The van der Waals surface area contributed by atoms with Crippen LogP contribution >= 0.6 is 22.7 Å². The van der Waals surface area contributed by atoms with Crippen molar-refractivity contribution in [2.45, 2.75) is 39.5 Å². The fraction of sp³-hybridized carbons (Fsp3) is 0.421. The maximum absolute atomic E-state index is 12.7. The predicted octanol–water partition coefficient (Wildman–Crippen LogP) is 3.23. The number of amides is 1. The van der Waals surface area contributed by atoms with Crippen molar-refractivity contribution in [3.63, 3.8) is 0 Å². The highest BCUT2D eigenvalue weighted by Crippen LogP contribution is 2.27. The molecule has 8 nitrogen and oxygen atoms in total. The molecule has 4 heterocycles. The normalized spacial score (nSPS) is 20.0. The van der Waals surface area contributed by atoms with E-state index in [1.54, 1.807) is 18.5 Å². The van der Waals surface area contributed by atoms with Gasteiger partial charge in [-0.1, -0.05) is 0 Å². The number of ether oxygens (including phenoxy) is 1. The van der Waals surface area contributed by atoms with Gasteiger partial charge in [0, 0.05) is 37.4 Å². The lowest BCUT2D eigenvalue weighted by Gasteiger charge is -2.34. The molecule has 0 bridgehead atoms. The zero-order valence-electron chi connectivity index (χ0n) is 16.5. The average molecular weight is 431 g/mol. The first kappa shape index (κ1) is 20.0. The van der Waals surface area contributed by atoms with Gasteiger partial charge in [0.25, 0.3) is 5.91 Å². The number of aromatic nitrogens is 4. The van der Waals surface area contributed by atoms with E-state index in [0.29, 0.717) is 26.5 Å². The van der Waals surface area contributed by atoms with Crippen molar-refractivity contribution in [2.75, 3.05) is 18.4 Å². The number of thiazole rings is 2. The summed E-state index contributed by atoms with van der Waals surface area (Å²) in [6.07, 6.45) is 3.75. The van der Waals surface area contributed by atoms with Crippen molar-refractivity contribution in [3.8, 4) is 10.8 Å². The first-order chi connectivity index (χ1) is 14.0. The summed E-state index contributed by atoms with van der Waals surface area (Å²) in [6.45, 7) is 8.50. The molecule has 0 aliphatic carbocycles. The van der Waals surface area contributed by atoms with E-state index >= 15 is 0 Å². The molecular weight excluding hydrogens is 408 g/mol. The lowest BCUT2D eigenvalue weighted by atomic mass is 10.2. The quantitative estimate of drug-likeness (QED) is 0.664. The van der Waals surface area contributed by atoms with Gasteiger partial charge in [-0.25, -0.2) is 19.9 Å². The van der Waals surface area contributed by atoms with Crippen LogP contribution in [0.15, 0.2) is 23.8 Å². The van der Waals surface area contributed by atoms with Crippen molar-refractivity contribution < 1.29 is 9.53 Å². The summed E-state index contributed by atoms with van der Waals surface area (Å²) in [4.78, 5) is 33.0. The Balaban J connectivity index is 1.41.